The maximum Gasteiger partial charge on any atom is 0.142 e. The molecular weight excluding hydrogens is 681 g/mol. The van der Waals surface area contributed by atoms with Gasteiger partial charge in [-0.2, -0.15) is 0 Å². The Morgan fingerprint density at radius 2 is 0.946 bits per heavy atom. The second-order valence-corrected chi connectivity index (χ2v) is 15.9. The van der Waals surface area contributed by atoms with Gasteiger partial charge in [-0.15, -0.1) is 0 Å². The van der Waals surface area contributed by atoms with Gasteiger partial charge in [0.2, 0.25) is 0 Å². The van der Waals surface area contributed by atoms with E-state index < -0.39 is 0 Å². The van der Waals surface area contributed by atoms with Crippen LogP contribution in [0, 0.1) is 6.92 Å². The zero-order chi connectivity index (χ0) is 37.3. The highest BCUT2D eigenvalue weighted by Gasteiger charge is 2.40. The first kappa shape index (κ1) is 31.5. The molecule has 0 radical (unpaired) electrons. The van der Waals surface area contributed by atoms with Crippen LogP contribution in [0.15, 0.2) is 173 Å². The first-order valence-corrected chi connectivity index (χ1v) is 19.5. The fourth-order valence-corrected chi connectivity index (χ4v) is 10.2. The second-order valence-electron chi connectivity index (χ2n) is 15.9. The average molecular weight is 717 g/mol. The fraction of sp³-hybridized carbons (Fsp3) is 0.0741. The summed E-state index contributed by atoms with van der Waals surface area (Å²) in [6.07, 6.45) is 0. The van der Waals surface area contributed by atoms with Crippen LogP contribution in [0.25, 0.3) is 110 Å². The Morgan fingerprint density at radius 1 is 0.393 bits per heavy atom. The van der Waals surface area contributed by atoms with Gasteiger partial charge in [0, 0.05) is 27.1 Å². The molecule has 11 aromatic rings. The highest BCUT2D eigenvalue weighted by molar-refractivity contribution is 6.25. The molecule has 264 valence electrons. The highest BCUT2D eigenvalue weighted by atomic mass is 16.3. The van der Waals surface area contributed by atoms with E-state index in [2.05, 4.69) is 178 Å². The predicted octanol–water partition coefficient (Wildman–Crippen LogP) is 15.4. The molecule has 0 aliphatic heterocycles. The van der Waals surface area contributed by atoms with Crippen LogP contribution in [0.2, 0.25) is 0 Å². The Kier molecular flexibility index (Phi) is 6.36. The minimum atomic E-state index is -0.224. The molecule has 9 aromatic carbocycles. The number of rotatable bonds is 3. The quantitative estimate of drug-likeness (QED) is 0.170. The lowest BCUT2D eigenvalue weighted by Gasteiger charge is -2.23. The van der Waals surface area contributed by atoms with Crippen molar-refractivity contribution < 1.29 is 8.83 Å². The third-order valence-corrected chi connectivity index (χ3v) is 12.5. The van der Waals surface area contributed by atoms with Crippen molar-refractivity contribution in [2.24, 2.45) is 0 Å². The summed E-state index contributed by atoms with van der Waals surface area (Å²) in [5, 5.41) is 11.0. The topological polar surface area (TPSA) is 26.3 Å². The van der Waals surface area contributed by atoms with Gasteiger partial charge in [-0.1, -0.05) is 159 Å². The Balaban J connectivity index is 1.15. The molecule has 1 aliphatic carbocycles. The van der Waals surface area contributed by atoms with E-state index in [0.29, 0.717) is 0 Å². The summed E-state index contributed by atoms with van der Waals surface area (Å²) < 4.78 is 12.7. The van der Waals surface area contributed by atoms with Crippen molar-refractivity contribution >= 4 is 65.2 Å². The summed E-state index contributed by atoms with van der Waals surface area (Å²) >= 11 is 0. The van der Waals surface area contributed by atoms with Crippen LogP contribution < -0.4 is 0 Å². The minimum Gasteiger partial charge on any atom is -0.461 e. The zero-order valence-electron chi connectivity index (χ0n) is 31.4. The number of benzene rings is 9. The largest absolute Gasteiger partial charge is 0.461 e. The lowest BCUT2D eigenvalue weighted by atomic mass is 9.79. The van der Waals surface area contributed by atoms with Crippen LogP contribution in [0.4, 0.5) is 0 Å². The lowest BCUT2D eigenvalue weighted by molar-refractivity contribution is 0.579. The molecule has 2 aromatic heterocycles. The molecule has 12 rings (SSSR count). The van der Waals surface area contributed by atoms with Crippen LogP contribution in [0.3, 0.4) is 0 Å². The molecule has 56 heavy (non-hydrogen) atoms. The minimum absolute atomic E-state index is 0.224. The molecule has 1 aliphatic rings. The van der Waals surface area contributed by atoms with Gasteiger partial charge < -0.3 is 8.83 Å². The Hall–Kier alpha value is -6.90. The molecule has 2 heteroatoms. The van der Waals surface area contributed by atoms with E-state index >= 15 is 0 Å². The van der Waals surface area contributed by atoms with Crippen LogP contribution in [0.1, 0.15) is 30.7 Å². The number of para-hydroxylation sites is 2. The van der Waals surface area contributed by atoms with Crippen molar-refractivity contribution in [3.05, 3.63) is 181 Å². The second kappa shape index (κ2) is 11.3. The number of hydrogen-bond donors (Lipinski definition) is 0. The molecule has 0 bridgehead atoms. The number of furan rings is 2. The average Bonchev–Trinajstić information content (AvgIpc) is 3.88. The van der Waals surface area contributed by atoms with Crippen LogP contribution in [-0.4, -0.2) is 0 Å². The summed E-state index contributed by atoms with van der Waals surface area (Å²) in [6, 6.07) is 60.0. The zero-order valence-corrected chi connectivity index (χ0v) is 31.4. The van der Waals surface area contributed by atoms with Crippen molar-refractivity contribution in [1.82, 2.24) is 0 Å². The van der Waals surface area contributed by atoms with Crippen LogP contribution in [0.5, 0.6) is 0 Å². The Bertz CT molecular complexity index is 3400. The van der Waals surface area contributed by atoms with E-state index in [9.17, 15) is 0 Å². The summed E-state index contributed by atoms with van der Waals surface area (Å²) in [5.74, 6) is 0.922. The van der Waals surface area contributed by atoms with Gasteiger partial charge in [-0.05, 0) is 108 Å². The molecule has 0 N–H and O–H groups in total. The van der Waals surface area contributed by atoms with Gasteiger partial charge in [-0.25, -0.2) is 0 Å². The van der Waals surface area contributed by atoms with E-state index in [1.165, 1.54) is 93.2 Å². The van der Waals surface area contributed by atoms with Crippen molar-refractivity contribution in [3.8, 4) is 44.5 Å². The third kappa shape index (κ3) is 4.16. The van der Waals surface area contributed by atoms with Crippen molar-refractivity contribution in [1.29, 1.82) is 0 Å². The molecule has 0 unspecified atom stereocenters. The standard InChI is InChI=1S/C54H36O2/c1-31-30-32-14-12-22-41(53(32)55-31)35-26-27-40(34-16-5-4-15-33(34)35)48-36-17-6-8-19-38(36)49(39-20-9-7-18-37(39)48)43-23-13-24-45-50(43)44-28-29-47-51(52(44)54(45,2)3)42-21-10-11-25-46(42)56-47/h4-30H,1-3H3. The Labute approximate surface area is 324 Å². The highest BCUT2D eigenvalue weighted by Crippen LogP contribution is 2.57. The maximum absolute atomic E-state index is 6.43. The molecule has 0 saturated carbocycles. The molecule has 0 saturated heterocycles. The molecule has 0 fully saturated rings. The maximum atomic E-state index is 6.43. The van der Waals surface area contributed by atoms with Gasteiger partial charge >= 0.3 is 0 Å². The summed E-state index contributed by atoms with van der Waals surface area (Å²) in [7, 11) is 0. The van der Waals surface area contributed by atoms with Gasteiger partial charge in [-0.3, -0.25) is 0 Å². The SMILES string of the molecule is Cc1cc2cccc(-c3ccc(-c4c5ccccc5c(-c5cccc6c5-c5ccc7oc8ccccc8c7c5C6(C)C)c5ccccc45)c4ccccc34)c2o1. The van der Waals surface area contributed by atoms with Gasteiger partial charge in [0.15, 0.2) is 0 Å². The normalized spacial score (nSPS) is 13.4. The van der Waals surface area contributed by atoms with E-state index in [4.69, 9.17) is 8.83 Å². The summed E-state index contributed by atoms with van der Waals surface area (Å²) in [6.45, 7) is 6.78. The van der Waals surface area contributed by atoms with E-state index in [-0.39, 0.29) is 5.41 Å². The fourth-order valence-electron chi connectivity index (χ4n) is 10.2. The van der Waals surface area contributed by atoms with Gasteiger partial charge in [0.05, 0.1) is 0 Å². The molecule has 0 atom stereocenters. The number of hydrogen-bond acceptors (Lipinski definition) is 2. The third-order valence-electron chi connectivity index (χ3n) is 12.5. The van der Waals surface area contributed by atoms with Crippen molar-refractivity contribution in [2.45, 2.75) is 26.2 Å². The Morgan fingerprint density at radius 3 is 1.66 bits per heavy atom. The number of fused-ring (bicyclic) bond motifs is 11. The first-order chi connectivity index (χ1) is 27.5. The van der Waals surface area contributed by atoms with Crippen LogP contribution in [-0.2, 0) is 5.41 Å². The molecular formula is C54H36O2. The van der Waals surface area contributed by atoms with Gasteiger partial charge in [0.25, 0.3) is 0 Å². The van der Waals surface area contributed by atoms with Crippen molar-refractivity contribution in [3.63, 3.8) is 0 Å². The van der Waals surface area contributed by atoms with E-state index in [1.807, 2.05) is 6.92 Å². The van der Waals surface area contributed by atoms with Gasteiger partial charge in [0.1, 0.15) is 22.5 Å². The molecule has 2 nitrogen and oxygen atoms in total. The van der Waals surface area contributed by atoms with E-state index in [1.54, 1.807) is 0 Å². The molecule has 0 spiro atoms. The smallest absolute Gasteiger partial charge is 0.142 e. The van der Waals surface area contributed by atoms with Crippen LogP contribution >= 0.6 is 0 Å². The van der Waals surface area contributed by atoms with Crippen molar-refractivity contribution in [2.75, 3.05) is 0 Å². The summed E-state index contributed by atoms with van der Waals surface area (Å²) in [4.78, 5) is 0. The molecule has 2 heterocycles. The molecule has 0 amide bonds. The van der Waals surface area contributed by atoms with E-state index in [0.717, 1.165) is 33.5 Å². The first-order valence-electron chi connectivity index (χ1n) is 19.5. The number of aryl methyl sites for hydroxylation is 1. The monoisotopic (exact) mass is 716 g/mol. The lowest BCUT2D eigenvalue weighted by Crippen LogP contribution is -2.15. The summed E-state index contributed by atoms with van der Waals surface area (Å²) in [5.41, 5.74) is 15.2. The predicted molar refractivity (Wildman–Crippen MR) is 235 cm³/mol.